The highest BCUT2D eigenvalue weighted by molar-refractivity contribution is 5.92. The molecular formula is C25H39N5O10. The highest BCUT2D eigenvalue weighted by Crippen LogP contribution is 2.18. The number of carbonyl (C=O) groups excluding carboxylic acids is 4. The Hall–Kier alpha value is -3.63. The van der Waals surface area contributed by atoms with E-state index < -0.39 is 91.5 Å². The predicted octanol–water partition coefficient (Wildman–Crippen LogP) is -3.39. The zero-order valence-corrected chi connectivity index (χ0v) is 22.3. The predicted molar refractivity (Wildman–Crippen MR) is 140 cm³/mol. The van der Waals surface area contributed by atoms with E-state index in [1.54, 1.807) is 44.2 Å². The summed E-state index contributed by atoms with van der Waals surface area (Å²) >= 11 is 0. The van der Waals surface area contributed by atoms with Crippen LogP contribution in [0.3, 0.4) is 0 Å². The van der Waals surface area contributed by atoms with Crippen LogP contribution in [0.15, 0.2) is 30.3 Å². The van der Waals surface area contributed by atoms with Crippen molar-refractivity contribution >= 4 is 29.6 Å². The van der Waals surface area contributed by atoms with E-state index in [2.05, 4.69) is 16.0 Å². The summed E-state index contributed by atoms with van der Waals surface area (Å²) in [6, 6.07) is 2.79. The smallest absolute Gasteiger partial charge is 0.305 e. The van der Waals surface area contributed by atoms with Crippen LogP contribution >= 0.6 is 0 Å². The van der Waals surface area contributed by atoms with Crippen LogP contribution in [0.1, 0.15) is 44.7 Å². The molecule has 0 aliphatic rings. The molecule has 1 aromatic carbocycles. The van der Waals surface area contributed by atoms with E-state index in [1.165, 1.54) is 0 Å². The number of nitrogens with two attached hydrogens (primary N) is 2. The summed E-state index contributed by atoms with van der Waals surface area (Å²) in [4.78, 5) is 60.1. The maximum absolute atomic E-state index is 12.9. The van der Waals surface area contributed by atoms with Gasteiger partial charge < -0.3 is 53.0 Å². The third-order valence-electron chi connectivity index (χ3n) is 5.87. The van der Waals surface area contributed by atoms with Gasteiger partial charge in [0.25, 0.3) is 5.91 Å². The van der Waals surface area contributed by atoms with E-state index in [4.69, 9.17) is 11.5 Å². The molecule has 1 aromatic rings. The molecule has 12 N–H and O–H groups in total. The fourth-order valence-electron chi connectivity index (χ4n) is 3.76. The summed E-state index contributed by atoms with van der Waals surface area (Å²) < 4.78 is 0. The summed E-state index contributed by atoms with van der Waals surface area (Å²) in [7, 11) is 0. The first kappa shape index (κ1) is 34.4. The number of carboxylic acids is 1. The molecule has 7 unspecified atom stereocenters. The Morgan fingerprint density at radius 3 is 1.95 bits per heavy atom. The van der Waals surface area contributed by atoms with Gasteiger partial charge in [0.1, 0.15) is 18.2 Å². The Balaban J connectivity index is 2.95. The highest BCUT2D eigenvalue weighted by atomic mass is 16.4. The number of aliphatic carboxylic acids is 1. The summed E-state index contributed by atoms with van der Waals surface area (Å²) in [5.41, 5.74) is 11.1. The first-order valence-electron chi connectivity index (χ1n) is 12.5. The van der Waals surface area contributed by atoms with Crippen LogP contribution in [0, 0.1) is 5.92 Å². The number of primary amides is 1. The van der Waals surface area contributed by atoms with Crippen molar-refractivity contribution in [2.24, 2.45) is 17.4 Å². The molecule has 0 aliphatic carbocycles. The lowest BCUT2D eigenvalue weighted by atomic mass is 9.98. The van der Waals surface area contributed by atoms with Crippen LogP contribution in [0.2, 0.25) is 0 Å². The number of amides is 4. The van der Waals surface area contributed by atoms with Crippen molar-refractivity contribution in [2.45, 2.75) is 75.6 Å². The van der Waals surface area contributed by atoms with Crippen molar-refractivity contribution in [3.05, 3.63) is 35.9 Å². The molecule has 0 spiro atoms. The normalized spacial score (nSPS) is 16.5. The van der Waals surface area contributed by atoms with E-state index in [-0.39, 0.29) is 12.3 Å². The second kappa shape index (κ2) is 16.5. The fraction of sp³-hybridized carbons (Fsp3) is 0.560. The molecule has 0 aliphatic heterocycles. The van der Waals surface area contributed by atoms with Gasteiger partial charge >= 0.3 is 5.97 Å². The van der Waals surface area contributed by atoms with Gasteiger partial charge in [0, 0.05) is 0 Å². The molecular weight excluding hydrogens is 530 g/mol. The molecule has 0 radical (unpaired) electrons. The van der Waals surface area contributed by atoms with Gasteiger partial charge in [-0.25, -0.2) is 0 Å². The Bertz CT molecular complexity index is 1010. The molecule has 0 saturated heterocycles. The number of hydrogen-bond donors (Lipinski definition) is 10. The summed E-state index contributed by atoms with van der Waals surface area (Å²) in [5.74, 6) is -5.14. The molecule has 0 fully saturated rings. The van der Waals surface area contributed by atoms with Gasteiger partial charge in [-0.1, -0.05) is 44.2 Å². The number of nitrogens with one attached hydrogen (secondary N) is 3. The van der Waals surface area contributed by atoms with Crippen molar-refractivity contribution in [3.8, 4) is 0 Å². The van der Waals surface area contributed by atoms with Gasteiger partial charge in [-0.05, 0) is 17.9 Å². The maximum Gasteiger partial charge on any atom is 0.305 e. The quantitative estimate of drug-likeness (QED) is 0.0883. The van der Waals surface area contributed by atoms with Gasteiger partial charge in [-0.2, -0.15) is 0 Å². The minimum absolute atomic E-state index is 0.0904. The SMILES string of the molecule is CC(C)CC(NC(=O)C(N)CC(N)=O)C(=O)NC(CO)C(O)C(O)C(O)C(=O)NC(CC(=O)O)c1ccccc1. The number of rotatable bonds is 17. The van der Waals surface area contributed by atoms with Crippen molar-refractivity contribution in [1.82, 2.24) is 16.0 Å². The van der Waals surface area contributed by atoms with E-state index in [9.17, 15) is 49.5 Å². The lowest BCUT2D eigenvalue weighted by Crippen LogP contribution is -2.60. The minimum Gasteiger partial charge on any atom is -0.481 e. The van der Waals surface area contributed by atoms with Gasteiger partial charge in [0.15, 0.2) is 6.10 Å². The van der Waals surface area contributed by atoms with Gasteiger partial charge in [-0.3, -0.25) is 24.0 Å². The van der Waals surface area contributed by atoms with Gasteiger partial charge in [-0.15, -0.1) is 0 Å². The van der Waals surface area contributed by atoms with Crippen LogP contribution in [0.4, 0.5) is 0 Å². The van der Waals surface area contributed by atoms with Crippen molar-refractivity contribution < 1.29 is 49.5 Å². The lowest BCUT2D eigenvalue weighted by Gasteiger charge is -2.31. The monoisotopic (exact) mass is 569 g/mol. The molecule has 15 nitrogen and oxygen atoms in total. The number of carbonyl (C=O) groups is 5. The van der Waals surface area contributed by atoms with Crippen LogP contribution in [-0.4, -0.2) is 98.2 Å². The van der Waals surface area contributed by atoms with Crippen LogP contribution < -0.4 is 27.4 Å². The third-order valence-corrected chi connectivity index (χ3v) is 5.87. The van der Waals surface area contributed by atoms with E-state index in [0.717, 1.165) is 0 Å². The standard InChI is InChI=1S/C25H39N5O10/c1-12(2)8-16(29-23(38)14(26)9-18(27)32)24(39)30-17(11-31)20(35)21(36)22(37)25(40)28-15(10-19(33)34)13-6-4-3-5-7-13/h3-7,12,14-17,20-22,31,35-37H,8-11,26H2,1-2H3,(H2,27,32)(H,28,40)(H,29,38)(H,30,39)(H,33,34). The number of hydrogen-bond acceptors (Lipinski definition) is 10. The Morgan fingerprint density at radius 2 is 1.45 bits per heavy atom. The molecule has 0 aromatic heterocycles. The van der Waals surface area contributed by atoms with Gasteiger partial charge in [0.2, 0.25) is 17.7 Å². The molecule has 40 heavy (non-hydrogen) atoms. The fourth-order valence-corrected chi connectivity index (χ4v) is 3.76. The summed E-state index contributed by atoms with van der Waals surface area (Å²) in [6.07, 6.45) is -7.49. The molecule has 0 heterocycles. The molecule has 7 atom stereocenters. The Kier molecular flexibility index (Phi) is 14.2. The number of carboxylic acid groups (broad SMARTS) is 1. The number of aliphatic hydroxyl groups is 4. The highest BCUT2D eigenvalue weighted by Gasteiger charge is 2.37. The maximum atomic E-state index is 12.9. The van der Waals surface area contributed by atoms with E-state index >= 15 is 0 Å². The first-order valence-corrected chi connectivity index (χ1v) is 12.5. The van der Waals surface area contributed by atoms with Gasteiger partial charge in [0.05, 0.1) is 37.6 Å². The zero-order valence-electron chi connectivity index (χ0n) is 22.3. The third kappa shape index (κ3) is 11.2. The molecule has 1 rings (SSSR count). The number of aliphatic hydroxyl groups excluding tert-OH is 4. The van der Waals surface area contributed by atoms with Crippen molar-refractivity contribution in [1.29, 1.82) is 0 Å². The zero-order chi connectivity index (χ0) is 30.6. The lowest BCUT2D eigenvalue weighted by molar-refractivity contribution is -0.145. The molecule has 15 heteroatoms. The Morgan fingerprint density at radius 1 is 0.850 bits per heavy atom. The van der Waals surface area contributed by atoms with E-state index in [1.807, 2.05) is 0 Å². The topological polar surface area (TPSA) is 275 Å². The minimum atomic E-state index is -2.28. The molecule has 4 amide bonds. The van der Waals surface area contributed by atoms with E-state index in [0.29, 0.717) is 5.56 Å². The van der Waals surface area contributed by atoms with Crippen LogP contribution in [0.25, 0.3) is 0 Å². The average Bonchev–Trinajstić information content (AvgIpc) is 2.88. The van der Waals surface area contributed by atoms with Crippen LogP contribution in [0.5, 0.6) is 0 Å². The van der Waals surface area contributed by atoms with Crippen molar-refractivity contribution in [2.75, 3.05) is 6.61 Å². The molecule has 0 saturated carbocycles. The second-order valence-corrected chi connectivity index (χ2v) is 9.76. The summed E-state index contributed by atoms with van der Waals surface area (Å²) in [6.45, 7) is 2.56. The van der Waals surface area contributed by atoms with Crippen LogP contribution in [-0.2, 0) is 24.0 Å². The second-order valence-electron chi connectivity index (χ2n) is 9.76. The Labute approximate surface area is 230 Å². The molecule has 0 bridgehead atoms. The first-order chi connectivity index (χ1) is 18.7. The van der Waals surface area contributed by atoms with Crippen molar-refractivity contribution in [3.63, 3.8) is 0 Å². The number of benzene rings is 1. The average molecular weight is 570 g/mol. The summed E-state index contributed by atoms with van der Waals surface area (Å²) in [5, 5.41) is 57.2. The molecule has 224 valence electrons. The largest absolute Gasteiger partial charge is 0.481 e.